The van der Waals surface area contributed by atoms with Gasteiger partial charge in [0.05, 0.1) is 0 Å². The van der Waals surface area contributed by atoms with Gasteiger partial charge in [0.25, 0.3) is 0 Å². The third kappa shape index (κ3) is 6.19. The minimum Gasteiger partial charge on any atom is -0.358 e. The van der Waals surface area contributed by atoms with E-state index >= 15 is 0 Å². The molecule has 0 spiro atoms. The Morgan fingerprint density at radius 1 is 1.14 bits per heavy atom. The molecule has 0 atom stereocenters. The van der Waals surface area contributed by atoms with Crippen molar-refractivity contribution < 1.29 is 0 Å². The second-order valence-electron chi connectivity index (χ2n) is 5.95. The number of nitrogens with one attached hydrogen (secondary N) is 1. The summed E-state index contributed by atoms with van der Waals surface area (Å²) in [5, 5.41) is 4.17. The molecule has 0 aliphatic carbocycles. The molecule has 1 N–H and O–H groups in total. The summed E-state index contributed by atoms with van der Waals surface area (Å²) in [6.45, 7) is 11.1. The van der Waals surface area contributed by atoms with E-state index in [1.165, 1.54) is 0 Å². The van der Waals surface area contributed by atoms with Crippen LogP contribution in [-0.2, 0) is 0 Å². The van der Waals surface area contributed by atoms with Crippen molar-refractivity contribution in [1.82, 2.24) is 10.2 Å². The van der Waals surface area contributed by atoms with Crippen LogP contribution in [0.5, 0.6) is 0 Å². The van der Waals surface area contributed by atoms with Crippen molar-refractivity contribution in [1.29, 1.82) is 0 Å². The average molecular weight is 216 g/mol. The van der Waals surface area contributed by atoms with Gasteiger partial charge in [-0.2, -0.15) is 0 Å². The van der Waals surface area contributed by atoms with Crippen LogP contribution in [0.25, 0.3) is 0 Å². The van der Waals surface area contributed by atoms with Crippen molar-refractivity contribution in [3.63, 3.8) is 0 Å². The van der Waals surface area contributed by atoms with Gasteiger partial charge in [-0.3, -0.25) is 0 Å². The molecule has 3 heteroatoms. The van der Waals surface area contributed by atoms with E-state index in [9.17, 15) is 0 Å². The highest BCUT2D eigenvalue weighted by Crippen LogP contribution is 2.26. The number of nitrogens with zero attached hydrogens (tertiary/aromatic N) is 1. The lowest BCUT2D eigenvalue weighted by atomic mass is 9.82. The first-order valence-corrected chi connectivity index (χ1v) is 5.44. The van der Waals surface area contributed by atoms with E-state index in [1.807, 2.05) is 19.0 Å². The molecular formula is C11H24N2S. The van der Waals surface area contributed by atoms with E-state index in [0.29, 0.717) is 5.41 Å². The predicted molar refractivity (Wildman–Crippen MR) is 67.6 cm³/mol. The smallest absolute Gasteiger partial charge is 0.168 e. The molecule has 0 saturated carbocycles. The normalized spacial score (nSPS) is 12.5. The zero-order valence-electron chi connectivity index (χ0n) is 10.6. The molecule has 0 aromatic rings. The fourth-order valence-electron chi connectivity index (χ4n) is 1.77. The second kappa shape index (κ2) is 4.47. The first kappa shape index (κ1) is 13.7. The van der Waals surface area contributed by atoms with Gasteiger partial charge in [-0.1, -0.05) is 20.8 Å². The summed E-state index contributed by atoms with van der Waals surface area (Å²) in [6, 6.07) is 0. The van der Waals surface area contributed by atoms with Crippen molar-refractivity contribution >= 4 is 17.3 Å². The highest BCUT2D eigenvalue weighted by Gasteiger charge is 2.26. The van der Waals surface area contributed by atoms with Crippen molar-refractivity contribution in [2.24, 2.45) is 5.41 Å². The quantitative estimate of drug-likeness (QED) is 0.714. The fraction of sp³-hybridized carbons (Fsp3) is 0.909. The van der Waals surface area contributed by atoms with Gasteiger partial charge < -0.3 is 10.2 Å². The lowest BCUT2D eigenvalue weighted by molar-refractivity contribution is 0.263. The Balaban J connectivity index is 4.28. The molecular weight excluding hydrogens is 192 g/mol. The molecule has 0 bridgehead atoms. The van der Waals surface area contributed by atoms with Crippen LogP contribution in [0.3, 0.4) is 0 Å². The van der Waals surface area contributed by atoms with Gasteiger partial charge >= 0.3 is 0 Å². The van der Waals surface area contributed by atoms with E-state index in [4.69, 9.17) is 12.2 Å². The highest BCUT2D eigenvalue weighted by molar-refractivity contribution is 7.80. The van der Waals surface area contributed by atoms with E-state index in [-0.39, 0.29) is 5.54 Å². The van der Waals surface area contributed by atoms with Gasteiger partial charge in [0.1, 0.15) is 0 Å². The average Bonchev–Trinajstić information content (AvgIpc) is 1.78. The SMILES string of the molecule is CN(C)C(=S)NC(C)(C)CC(C)(C)C. The minimum atomic E-state index is 0.0552. The second-order valence-corrected chi connectivity index (χ2v) is 6.33. The summed E-state index contributed by atoms with van der Waals surface area (Å²) >= 11 is 5.23. The van der Waals surface area contributed by atoms with Crippen molar-refractivity contribution in [2.45, 2.75) is 46.6 Å². The zero-order valence-corrected chi connectivity index (χ0v) is 11.4. The topological polar surface area (TPSA) is 15.3 Å². The Kier molecular flexibility index (Phi) is 4.37. The van der Waals surface area contributed by atoms with Gasteiger partial charge in [-0.05, 0) is 37.9 Å². The third-order valence-corrected chi connectivity index (χ3v) is 2.29. The molecule has 0 unspecified atom stereocenters. The molecule has 0 rings (SSSR count). The summed E-state index contributed by atoms with van der Waals surface area (Å²) in [6.07, 6.45) is 1.09. The molecule has 0 radical (unpaired) electrons. The lowest BCUT2D eigenvalue weighted by Gasteiger charge is -2.35. The van der Waals surface area contributed by atoms with E-state index in [0.717, 1.165) is 11.5 Å². The predicted octanol–water partition coefficient (Wildman–Crippen LogP) is 2.64. The Morgan fingerprint density at radius 3 is 1.86 bits per heavy atom. The molecule has 2 nitrogen and oxygen atoms in total. The molecule has 0 aliphatic rings. The van der Waals surface area contributed by atoms with Crippen LogP contribution in [0.4, 0.5) is 0 Å². The van der Waals surface area contributed by atoms with Crippen LogP contribution >= 0.6 is 12.2 Å². The van der Waals surface area contributed by atoms with Gasteiger partial charge in [0.15, 0.2) is 5.11 Å². The molecule has 0 aromatic carbocycles. The van der Waals surface area contributed by atoms with Gasteiger partial charge in [-0.15, -0.1) is 0 Å². The van der Waals surface area contributed by atoms with Crippen molar-refractivity contribution in [2.75, 3.05) is 14.1 Å². The van der Waals surface area contributed by atoms with Crippen LogP contribution < -0.4 is 5.32 Å². The van der Waals surface area contributed by atoms with Crippen LogP contribution in [0.15, 0.2) is 0 Å². The van der Waals surface area contributed by atoms with Crippen LogP contribution in [0, 0.1) is 5.41 Å². The monoisotopic (exact) mass is 216 g/mol. The van der Waals surface area contributed by atoms with E-state index < -0.39 is 0 Å². The number of hydrogen-bond donors (Lipinski definition) is 1. The van der Waals surface area contributed by atoms with Gasteiger partial charge in [-0.25, -0.2) is 0 Å². The van der Waals surface area contributed by atoms with E-state index in [1.54, 1.807) is 0 Å². The standard InChI is InChI=1S/C11H24N2S/c1-10(2,3)8-11(4,5)12-9(14)13(6)7/h8H2,1-7H3,(H,12,14). The summed E-state index contributed by atoms with van der Waals surface area (Å²) in [4.78, 5) is 1.93. The Morgan fingerprint density at radius 2 is 1.57 bits per heavy atom. The minimum absolute atomic E-state index is 0.0552. The van der Waals surface area contributed by atoms with Crippen LogP contribution in [0.2, 0.25) is 0 Å². The van der Waals surface area contributed by atoms with Gasteiger partial charge in [0, 0.05) is 19.6 Å². The molecule has 0 fully saturated rings. The lowest BCUT2D eigenvalue weighted by Crippen LogP contribution is -2.49. The number of hydrogen-bond acceptors (Lipinski definition) is 1. The van der Waals surface area contributed by atoms with Gasteiger partial charge in [0.2, 0.25) is 0 Å². The molecule has 84 valence electrons. The first-order valence-electron chi connectivity index (χ1n) is 5.03. The molecule has 0 aromatic heterocycles. The Bertz CT molecular complexity index is 202. The first-order chi connectivity index (χ1) is 6.03. The molecule has 0 amide bonds. The van der Waals surface area contributed by atoms with Crippen molar-refractivity contribution in [3.05, 3.63) is 0 Å². The number of thiocarbonyl (C=S) groups is 1. The summed E-state index contributed by atoms with van der Waals surface area (Å²) < 4.78 is 0. The Labute approximate surface area is 94.1 Å². The third-order valence-electron chi connectivity index (χ3n) is 1.82. The van der Waals surface area contributed by atoms with Crippen LogP contribution in [-0.4, -0.2) is 29.6 Å². The molecule has 14 heavy (non-hydrogen) atoms. The highest BCUT2D eigenvalue weighted by atomic mass is 32.1. The maximum absolute atomic E-state index is 5.23. The zero-order chi connectivity index (χ0) is 11.6. The molecule has 0 heterocycles. The summed E-state index contributed by atoms with van der Waals surface area (Å²) in [7, 11) is 3.92. The molecule has 0 aliphatic heterocycles. The fourth-order valence-corrected chi connectivity index (χ4v) is 2.05. The molecule has 0 saturated heterocycles. The van der Waals surface area contributed by atoms with Crippen molar-refractivity contribution in [3.8, 4) is 0 Å². The largest absolute Gasteiger partial charge is 0.358 e. The van der Waals surface area contributed by atoms with Crippen LogP contribution in [0.1, 0.15) is 41.0 Å². The number of rotatable bonds is 2. The Hall–Kier alpha value is -0.310. The maximum Gasteiger partial charge on any atom is 0.168 e. The summed E-state index contributed by atoms with van der Waals surface area (Å²) in [5.41, 5.74) is 0.373. The van der Waals surface area contributed by atoms with E-state index in [2.05, 4.69) is 39.9 Å². The maximum atomic E-state index is 5.23. The summed E-state index contributed by atoms with van der Waals surface area (Å²) in [5.74, 6) is 0.